The van der Waals surface area contributed by atoms with E-state index in [2.05, 4.69) is 17.2 Å². The third-order valence-corrected chi connectivity index (χ3v) is 3.46. The molecule has 1 aromatic heterocycles. The Kier molecular flexibility index (Phi) is 4.17. The molecule has 0 aliphatic carbocycles. The quantitative estimate of drug-likeness (QED) is 0.879. The minimum atomic E-state index is -0.0323. The van der Waals surface area contributed by atoms with Crippen LogP contribution in [0, 0.1) is 0 Å². The Morgan fingerprint density at radius 2 is 2.12 bits per heavy atom. The molecule has 0 aliphatic rings. The van der Waals surface area contributed by atoms with Crippen molar-refractivity contribution >= 4 is 11.8 Å². The summed E-state index contributed by atoms with van der Waals surface area (Å²) in [5.74, 6) is 1.96. The van der Waals surface area contributed by atoms with Gasteiger partial charge in [-0.05, 0) is 17.9 Å². The summed E-state index contributed by atoms with van der Waals surface area (Å²) in [7, 11) is 0. The first-order chi connectivity index (χ1) is 8.33. The number of aromatic nitrogens is 3. The molecule has 2 rings (SSSR count). The van der Waals surface area contributed by atoms with Gasteiger partial charge in [0.1, 0.15) is 0 Å². The standard InChI is InChI=1S/C12H16N4S/c1-2-17-9-11(13)12-8-14-15-16(12)10-6-4-3-5-7-10/h3-8,11H,2,9,13H2,1H3. The van der Waals surface area contributed by atoms with Gasteiger partial charge in [0.25, 0.3) is 0 Å². The monoisotopic (exact) mass is 248 g/mol. The fraction of sp³-hybridized carbons (Fsp3) is 0.333. The van der Waals surface area contributed by atoms with E-state index in [0.717, 1.165) is 22.9 Å². The number of hydrogen-bond acceptors (Lipinski definition) is 4. The van der Waals surface area contributed by atoms with Crippen LogP contribution in [0.1, 0.15) is 18.7 Å². The van der Waals surface area contributed by atoms with Crippen molar-refractivity contribution in [3.05, 3.63) is 42.2 Å². The average Bonchev–Trinajstić information content (AvgIpc) is 2.86. The van der Waals surface area contributed by atoms with Crippen molar-refractivity contribution < 1.29 is 0 Å². The van der Waals surface area contributed by atoms with Crippen LogP contribution in [0.2, 0.25) is 0 Å². The summed E-state index contributed by atoms with van der Waals surface area (Å²) in [5, 5.41) is 8.04. The molecule has 0 radical (unpaired) electrons. The van der Waals surface area contributed by atoms with Crippen LogP contribution < -0.4 is 5.73 Å². The lowest BCUT2D eigenvalue weighted by Crippen LogP contribution is -2.17. The van der Waals surface area contributed by atoms with Crippen LogP contribution in [-0.2, 0) is 0 Å². The van der Waals surface area contributed by atoms with Crippen LogP contribution in [0.3, 0.4) is 0 Å². The first-order valence-corrected chi connectivity index (χ1v) is 6.77. The minimum absolute atomic E-state index is 0.0323. The molecule has 1 heterocycles. The van der Waals surface area contributed by atoms with E-state index in [9.17, 15) is 0 Å². The molecule has 17 heavy (non-hydrogen) atoms. The third-order valence-electron chi connectivity index (χ3n) is 2.46. The van der Waals surface area contributed by atoms with Crippen LogP contribution in [-0.4, -0.2) is 26.5 Å². The van der Waals surface area contributed by atoms with Crippen molar-refractivity contribution in [1.29, 1.82) is 0 Å². The Hall–Kier alpha value is -1.33. The molecular weight excluding hydrogens is 232 g/mol. The van der Waals surface area contributed by atoms with Gasteiger partial charge in [-0.25, -0.2) is 4.68 Å². The number of nitrogens with zero attached hydrogens (tertiary/aromatic N) is 3. The zero-order valence-electron chi connectivity index (χ0n) is 9.78. The van der Waals surface area contributed by atoms with Gasteiger partial charge in [0.2, 0.25) is 0 Å². The highest BCUT2D eigenvalue weighted by atomic mass is 32.2. The Bertz CT molecular complexity index is 455. The number of rotatable bonds is 5. The highest BCUT2D eigenvalue weighted by Crippen LogP contribution is 2.17. The van der Waals surface area contributed by atoms with Gasteiger partial charge in [0, 0.05) is 5.75 Å². The zero-order chi connectivity index (χ0) is 12.1. The van der Waals surface area contributed by atoms with Crippen LogP contribution in [0.15, 0.2) is 36.5 Å². The fourth-order valence-electron chi connectivity index (χ4n) is 1.60. The first-order valence-electron chi connectivity index (χ1n) is 5.62. The summed E-state index contributed by atoms with van der Waals surface area (Å²) < 4.78 is 1.81. The zero-order valence-corrected chi connectivity index (χ0v) is 10.6. The summed E-state index contributed by atoms with van der Waals surface area (Å²) in [6.07, 6.45) is 1.74. The molecule has 0 saturated heterocycles. The lowest BCUT2D eigenvalue weighted by molar-refractivity contribution is 0.703. The van der Waals surface area contributed by atoms with Gasteiger partial charge in [0.05, 0.1) is 23.6 Å². The Labute approximate surface area is 105 Å². The number of nitrogens with two attached hydrogens (primary N) is 1. The molecule has 2 N–H and O–H groups in total. The Balaban J connectivity index is 2.23. The largest absolute Gasteiger partial charge is 0.322 e. The van der Waals surface area contributed by atoms with Gasteiger partial charge in [-0.2, -0.15) is 11.8 Å². The highest BCUT2D eigenvalue weighted by molar-refractivity contribution is 7.99. The molecule has 1 aromatic carbocycles. The molecule has 90 valence electrons. The highest BCUT2D eigenvalue weighted by Gasteiger charge is 2.13. The van der Waals surface area contributed by atoms with E-state index in [0.29, 0.717) is 0 Å². The summed E-state index contributed by atoms with van der Waals surface area (Å²) in [5.41, 5.74) is 8.09. The molecule has 0 aliphatic heterocycles. The SMILES string of the molecule is CCSCC(N)c1cnnn1-c1ccccc1. The molecule has 0 bridgehead atoms. The maximum atomic E-state index is 6.14. The molecule has 0 amide bonds. The van der Waals surface area contributed by atoms with Gasteiger partial charge >= 0.3 is 0 Å². The van der Waals surface area contributed by atoms with E-state index in [1.165, 1.54) is 0 Å². The van der Waals surface area contributed by atoms with Crippen LogP contribution in [0.25, 0.3) is 5.69 Å². The van der Waals surface area contributed by atoms with E-state index in [1.54, 1.807) is 10.9 Å². The van der Waals surface area contributed by atoms with Crippen molar-refractivity contribution in [2.75, 3.05) is 11.5 Å². The van der Waals surface area contributed by atoms with Crippen molar-refractivity contribution in [2.45, 2.75) is 13.0 Å². The van der Waals surface area contributed by atoms with Crippen molar-refractivity contribution in [2.24, 2.45) is 5.73 Å². The second kappa shape index (κ2) is 5.84. The Morgan fingerprint density at radius 1 is 1.35 bits per heavy atom. The van der Waals surface area contributed by atoms with Crippen molar-refractivity contribution in [3.63, 3.8) is 0 Å². The second-order valence-electron chi connectivity index (χ2n) is 3.67. The number of para-hydroxylation sites is 1. The number of hydrogen-bond donors (Lipinski definition) is 1. The predicted molar refractivity (Wildman–Crippen MR) is 71.3 cm³/mol. The van der Waals surface area contributed by atoms with Gasteiger partial charge in [-0.3, -0.25) is 0 Å². The molecule has 2 aromatic rings. The normalized spacial score (nSPS) is 12.6. The van der Waals surface area contributed by atoms with Crippen molar-refractivity contribution in [1.82, 2.24) is 15.0 Å². The van der Waals surface area contributed by atoms with Gasteiger partial charge in [-0.15, -0.1) is 5.10 Å². The van der Waals surface area contributed by atoms with Gasteiger partial charge < -0.3 is 5.73 Å². The molecule has 0 spiro atoms. The lowest BCUT2D eigenvalue weighted by Gasteiger charge is -2.12. The van der Waals surface area contributed by atoms with E-state index >= 15 is 0 Å². The Morgan fingerprint density at radius 3 is 2.82 bits per heavy atom. The first kappa shape index (κ1) is 12.1. The topological polar surface area (TPSA) is 56.7 Å². The molecule has 4 nitrogen and oxygen atoms in total. The van der Waals surface area contributed by atoms with E-state index in [-0.39, 0.29) is 6.04 Å². The third kappa shape index (κ3) is 2.87. The van der Waals surface area contributed by atoms with Crippen LogP contribution in [0.4, 0.5) is 0 Å². The van der Waals surface area contributed by atoms with Crippen molar-refractivity contribution in [3.8, 4) is 5.69 Å². The van der Waals surface area contributed by atoms with E-state index in [4.69, 9.17) is 5.73 Å². The number of thioether (sulfide) groups is 1. The average molecular weight is 248 g/mol. The minimum Gasteiger partial charge on any atom is -0.322 e. The van der Waals surface area contributed by atoms with Crippen LogP contribution in [0.5, 0.6) is 0 Å². The van der Waals surface area contributed by atoms with Gasteiger partial charge in [-0.1, -0.05) is 30.3 Å². The fourth-order valence-corrected chi connectivity index (χ4v) is 2.26. The molecule has 0 saturated carbocycles. The number of benzene rings is 1. The second-order valence-corrected chi connectivity index (χ2v) is 4.99. The lowest BCUT2D eigenvalue weighted by atomic mass is 10.2. The van der Waals surface area contributed by atoms with Crippen LogP contribution >= 0.6 is 11.8 Å². The van der Waals surface area contributed by atoms with E-state index in [1.807, 2.05) is 42.1 Å². The van der Waals surface area contributed by atoms with Gasteiger partial charge in [0.15, 0.2) is 0 Å². The molecule has 1 unspecified atom stereocenters. The molecule has 0 fully saturated rings. The summed E-state index contributed by atoms with van der Waals surface area (Å²) in [6, 6.07) is 9.90. The molecule has 1 atom stereocenters. The van der Waals surface area contributed by atoms with E-state index < -0.39 is 0 Å². The molecular formula is C12H16N4S. The molecule has 5 heteroatoms. The maximum absolute atomic E-state index is 6.14. The predicted octanol–water partition coefficient (Wildman–Crippen LogP) is 2.02. The maximum Gasteiger partial charge on any atom is 0.0821 e. The summed E-state index contributed by atoms with van der Waals surface area (Å²) in [6.45, 7) is 2.13. The summed E-state index contributed by atoms with van der Waals surface area (Å²) in [4.78, 5) is 0. The smallest absolute Gasteiger partial charge is 0.0821 e. The summed E-state index contributed by atoms with van der Waals surface area (Å²) >= 11 is 1.82.